The number of nitrogens with one attached hydrogen (secondary N) is 1. The van der Waals surface area contributed by atoms with Crippen LogP contribution in [0.25, 0.3) is 20.8 Å². The highest BCUT2D eigenvalue weighted by Gasteiger charge is 2.13. The van der Waals surface area contributed by atoms with E-state index in [4.69, 9.17) is 4.98 Å². The Hall–Kier alpha value is -1.47. The molecule has 5 heteroatoms. The molecule has 0 unspecified atom stereocenters. The van der Waals surface area contributed by atoms with E-state index in [-0.39, 0.29) is 5.91 Å². The average Bonchev–Trinajstić information content (AvgIpc) is 2.98. The molecule has 1 amide bonds. The lowest BCUT2D eigenvalue weighted by Gasteiger charge is -2.10. The van der Waals surface area contributed by atoms with Crippen LogP contribution in [0.4, 0.5) is 5.69 Å². The minimum Gasteiger partial charge on any atom is -0.325 e. The molecule has 1 heterocycles. The van der Waals surface area contributed by atoms with Crippen LogP contribution in [0.1, 0.15) is 26.2 Å². The first-order valence-corrected chi connectivity index (χ1v) is 9.52. The summed E-state index contributed by atoms with van der Waals surface area (Å²) in [5.74, 6) is 0.0652. The zero-order chi connectivity index (χ0) is 16.2. The largest absolute Gasteiger partial charge is 0.325 e. The van der Waals surface area contributed by atoms with Crippen LogP contribution < -0.4 is 5.32 Å². The van der Waals surface area contributed by atoms with E-state index in [0.717, 1.165) is 42.9 Å². The molecule has 3 nitrogen and oxygen atoms in total. The van der Waals surface area contributed by atoms with Gasteiger partial charge in [0, 0.05) is 15.6 Å². The third-order valence-electron chi connectivity index (χ3n) is 3.54. The van der Waals surface area contributed by atoms with Crippen LogP contribution in [0.3, 0.4) is 0 Å². The van der Waals surface area contributed by atoms with Crippen molar-refractivity contribution in [1.82, 2.24) is 4.98 Å². The van der Waals surface area contributed by atoms with Crippen molar-refractivity contribution < 1.29 is 4.79 Å². The maximum Gasteiger partial charge on any atom is 0.224 e. The number of hydrogen-bond acceptors (Lipinski definition) is 3. The lowest BCUT2D eigenvalue weighted by atomic mass is 10.1. The van der Waals surface area contributed by atoms with Gasteiger partial charge in [0.1, 0.15) is 5.01 Å². The van der Waals surface area contributed by atoms with Gasteiger partial charge in [0.15, 0.2) is 0 Å². The van der Waals surface area contributed by atoms with Crippen molar-refractivity contribution in [2.75, 3.05) is 5.32 Å². The van der Waals surface area contributed by atoms with Gasteiger partial charge in [0.05, 0.1) is 15.9 Å². The number of anilines is 1. The molecule has 0 aliphatic rings. The minimum atomic E-state index is 0.0652. The summed E-state index contributed by atoms with van der Waals surface area (Å²) in [5.41, 5.74) is 2.82. The predicted molar refractivity (Wildman–Crippen MR) is 106 cm³/mol. The number of unbranched alkanes of at least 4 members (excludes halogenated alkanes) is 1. The Kier molecular flexibility index (Phi) is 5.27. The Morgan fingerprint density at radius 2 is 2.09 bits per heavy atom. The summed E-state index contributed by atoms with van der Waals surface area (Å²) in [4.78, 5) is 16.8. The molecule has 2 aromatic carbocycles. The van der Waals surface area contributed by atoms with Crippen LogP contribution in [0.15, 0.2) is 42.5 Å². The summed E-state index contributed by atoms with van der Waals surface area (Å²) >= 11 is 3.94. The van der Waals surface area contributed by atoms with Crippen molar-refractivity contribution in [2.24, 2.45) is 0 Å². The number of aromatic nitrogens is 1. The first-order chi connectivity index (χ1) is 11.2. The first kappa shape index (κ1) is 16.4. The molecule has 0 aliphatic carbocycles. The Morgan fingerprint density at radius 3 is 2.87 bits per heavy atom. The zero-order valence-corrected chi connectivity index (χ0v) is 15.8. The van der Waals surface area contributed by atoms with Crippen molar-refractivity contribution >= 4 is 55.7 Å². The van der Waals surface area contributed by atoms with E-state index in [1.54, 1.807) is 11.3 Å². The van der Waals surface area contributed by atoms with Crippen LogP contribution in [-0.4, -0.2) is 10.9 Å². The molecule has 0 bridgehead atoms. The second-order valence-corrected chi connectivity index (χ2v) is 7.60. The van der Waals surface area contributed by atoms with Gasteiger partial charge in [-0.1, -0.05) is 25.5 Å². The number of nitrogens with zero attached hydrogens (tertiary/aromatic N) is 1. The van der Waals surface area contributed by atoms with Gasteiger partial charge in [-0.2, -0.15) is 0 Å². The molecule has 0 spiro atoms. The predicted octanol–water partition coefficient (Wildman–Crippen LogP) is 5.70. The quantitative estimate of drug-likeness (QED) is 0.522. The highest BCUT2D eigenvalue weighted by molar-refractivity contribution is 14.1. The normalized spacial score (nSPS) is 10.9. The van der Waals surface area contributed by atoms with E-state index in [9.17, 15) is 4.79 Å². The monoisotopic (exact) mass is 436 g/mol. The SMILES string of the molecule is CCCCC(=O)Nc1ccc(I)cc1-c1nc2ccccc2s1. The van der Waals surface area contributed by atoms with Gasteiger partial charge in [-0.25, -0.2) is 4.98 Å². The number of fused-ring (bicyclic) bond motifs is 1. The van der Waals surface area contributed by atoms with Crippen molar-refractivity contribution in [3.63, 3.8) is 0 Å². The Bertz CT molecular complexity index is 811. The number of hydrogen-bond donors (Lipinski definition) is 1. The van der Waals surface area contributed by atoms with E-state index in [0.29, 0.717) is 6.42 Å². The lowest BCUT2D eigenvalue weighted by Crippen LogP contribution is -2.11. The van der Waals surface area contributed by atoms with Gasteiger partial charge in [0.2, 0.25) is 5.91 Å². The van der Waals surface area contributed by atoms with E-state index < -0.39 is 0 Å². The van der Waals surface area contributed by atoms with Crippen molar-refractivity contribution in [3.8, 4) is 10.6 Å². The number of carbonyl (C=O) groups is 1. The fraction of sp³-hybridized carbons (Fsp3) is 0.222. The van der Waals surface area contributed by atoms with E-state index >= 15 is 0 Å². The van der Waals surface area contributed by atoms with Gasteiger partial charge in [0.25, 0.3) is 0 Å². The van der Waals surface area contributed by atoms with Crippen molar-refractivity contribution in [2.45, 2.75) is 26.2 Å². The fourth-order valence-corrected chi connectivity index (χ4v) is 3.83. The van der Waals surface area contributed by atoms with Gasteiger partial charge < -0.3 is 5.32 Å². The molecule has 3 rings (SSSR count). The summed E-state index contributed by atoms with van der Waals surface area (Å²) in [7, 11) is 0. The summed E-state index contributed by atoms with van der Waals surface area (Å²) in [6, 6.07) is 14.2. The summed E-state index contributed by atoms with van der Waals surface area (Å²) in [5, 5.41) is 3.98. The second-order valence-electron chi connectivity index (χ2n) is 5.33. The van der Waals surface area contributed by atoms with Crippen LogP contribution in [-0.2, 0) is 4.79 Å². The molecule has 0 atom stereocenters. The standard InChI is InChI=1S/C18H17IN2OS/c1-2-3-8-17(22)20-14-10-9-12(19)11-13(14)18-21-15-6-4-5-7-16(15)23-18/h4-7,9-11H,2-3,8H2,1H3,(H,20,22). The number of benzene rings is 2. The molecule has 0 fully saturated rings. The van der Waals surface area contributed by atoms with Gasteiger partial charge >= 0.3 is 0 Å². The Labute approximate surface area is 153 Å². The average molecular weight is 436 g/mol. The molecule has 3 aromatic rings. The fourth-order valence-electron chi connectivity index (χ4n) is 2.34. The summed E-state index contributed by atoms with van der Waals surface area (Å²) in [6.45, 7) is 2.09. The van der Waals surface area contributed by atoms with Crippen LogP contribution in [0, 0.1) is 3.57 Å². The van der Waals surface area contributed by atoms with E-state index in [1.807, 2.05) is 30.3 Å². The number of carbonyl (C=O) groups excluding carboxylic acids is 1. The summed E-state index contributed by atoms with van der Waals surface area (Å²) in [6.07, 6.45) is 2.49. The van der Waals surface area contributed by atoms with Crippen LogP contribution in [0.5, 0.6) is 0 Å². The summed E-state index contributed by atoms with van der Waals surface area (Å²) < 4.78 is 2.29. The highest BCUT2D eigenvalue weighted by atomic mass is 127. The number of rotatable bonds is 5. The molecule has 23 heavy (non-hydrogen) atoms. The van der Waals surface area contributed by atoms with Gasteiger partial charge in [-0.15, -0.1) is 11.3 Å². The van der Waals surface area contributed by atoms with Crippen molar-refractivity contribution in [1.29, 1.82) is 0 Å². The van der Waals surface area contributed by atoms with Crippen molar-refractivity contribution in [3.05, 3.63) is 46.0 Å². The lowest BCUT2D eigenvalue weighted by molar-refractivity contribution is -0.116. The maximum absolute atomic E-state index is 12.1. The number of para-hydroxylation sites is 1. The highest BCUT2D eigenvalue weighted by Crippen LogP contribution is 2.35. The molecule has 0 saturated heterocycles. The molecule has 0 aliphatic heterocycles. The number of halogens is 1. The van der Waals surface area contributed by atoms with Crippen LogP contribution in [0.2, 0.25) is 0 Å². The van der Waals surface area contributed by atoms with E-state index in [1.165, 1.54) is 0 Å². The zero-order valence-electron chi connectivity index (χ0n) is 12.8. The molecule has 1 N–H and O–H groups in total. The molecular formula is C18H17IN2OS. The topological polar surface area (TPSA) is 42.0 Å². The smallest absolute Gasteiger partial charge is 0.224 e. The third kappa shape index (κ3) is 3.90. The first-order valence-electron chi connectivity index (χ1n) is 7.62. The third-order valence-corrected chi connectivity index (χ3v) is 5.28. The van der Waals surface area contributed by atoms with Crippen LogP contribution >= 0.6 is 33.9 Å². The molecule has 0 saturated carbocycles. The second kappa shape index (κ2) is 7.40. The Morgan fingerprint density at radius 1 is 1.26 bits per heavy atom. The molecule has 0 radical (unpaired) electrons. The Balaban J connectivity index is 1.97. The maximum atomic E-state index is 12.1. The number of amides is 1. The molecule has 118 valence electrons. The molecule has 1 aromatic heterocycles. The minimum absolute atomic E-state index is 0.0652. The molecular weight excluding hydrogens is 419 g/mol. The van der Waals surface area contributed by atoms with Gasteiger partial charge in [-0.05, 0) is 59.3 Å². The van der Waals surface area contributed by atoms with E-state index in [2.05, 4.69) is 47.0 Å². The number of thiazole rings is 1. The van der Waals surface area contributed by atoms with Gasteiger partial charge in [-0.3, -0.25) is 4.79 Å².